The van der Waals surface area contributed by atoms with E-state index >= 15 is 0 Å². The van der Waals surface area contributed by atoms with Crippen LogP contribution in [0.15, 0.2) is 30.7 Å². The molecule has 2 aromatic heterocycles. The van der Waals surface area contributed by atoms with Crippen molar-refractivity contribution >= 4 is 16.6 Å². The molecule has 184 valence electrons. The molecule has 2 heterocycles. The molecule has 0 spiro atoms. The van der Waals surface area contributed by atoms with E-state index in [1.807, 2.05) is 10.9 Å². The van der Waals surface area contributed by atoms with Crippen molar-refractivity contribution in [1.82, 2.24) is 19.7 Å². The van der Waals surface area contributed by atoms with Crippen molar-refractivity contribution < 1.29 is 23.4 Å². The molecule has 1 atom stereocenters. The summed E-state index contributed by atoms with van der Waals surface area (Å²) in [5, 5.41) is 29.7. The van der Waals surface area contributed by atoms with E-state index in [2.05, 4.69) is 22.2 Å². The third kappa shape index (κ3) is 5.17. The zero-order valence-corrected chi connectivity index (χ0v) is 19.5. The Labute approximate surface area is 196 Å². The summed E-state index contributed by atoms with van der Waals surface area (Å²) in [6, 6.07) is 3.80. The Morgan fingerprint density at radius 1 is 1.15 bits per heavy atom. The summed E-state index contributed by atoms with van der Waals surface area (Å²) in [4.78, 5) is 7.05. The summed E-state index contributed by atoms with van der Waals surface area (Å²) in [6.45, 7) is 5.41. The highest BCUT2D eigenvalue weighted by Crippen LogP contribution is 2.37. The SMILES string of the molecule is CCC1CCC(n2cc3cc(NC(O)c4cncc(C(F)(F)F)n4)c(C(C)(C)O)cc3n2)CC1. The molecule has 3 aromatic rings. The molecule has 0 bridgehead atoms. The number of aromatic nitrogens is 4. The lowest BCUT2D eigenvalue weighted by Gasteiger charge is -2.27. The first kappa shape index (κ1) is 24.4. The van der Waals surface area contributed by atoms with E-state index in [1.165, 1.54) is 19.3 Å². The quantitative estimate of drug-likeness (QED) is 0.416. The molecular formula is C24H30F3N5O2. The minimum atomic E-state index is -4.68. The minimum absolute atomic E-state index is 0.278. The maximum absolute atomic E-state index is 13.0. The van der Waals surface area contributed by atoms with Crippen molar-refractivity contribution in [3.63, 3.8) is 0 Å². The van der Waals surface area contributed by atoms with Gasteiger partial charge < -0.3 is 15.5 Å². The molecule has 4 rings (SSSR count). The molecule has 1 aliphatic carbocycles. The van der Waals surface area contributed by atoms with Crippen LogP contribution in [0.1, 0.15) is 82.1 Å². The van der Waals surface area contributed by atoms with Gasteiger partial charge in [-0.1, -0.05) is 13.3 Å². The highest BCUT2D eigenvalue weighted by molar-refractivity contribution is 5.84. The van der Waals surface area contributed by atoms with E-state index in [9.17, 15) is 23.4 Å². The fourth-order valence-electron chi connectivity index (χ4n) is 4.59. The van der Waals surface area contributed by atoms with Crippen LogP contribution in [0, 0.1) is 5.92 Å². The molecule has 0 amide bonds. The van der Waals surface area contributed by atoms with Gasteiger partial charge in [-0.2, -0.15) is 18.3 Å². The van der Waals surface area contributed by atoms with Crippen LogP contribution in [0.2, 0.25) is 0 Å². The number of anilines is 1. The van der Waals surface area contributed by atoms with Gasteiger partial charge in [0.05, 0.1) is 29.6 Å². The van der Waals surface area contributed by atoms with E-state index < -0.39 is 23.7 Å². The Morgan fingerprint density at radius 2 is 1.85 bits per heavy atom. The van der Waals surface area contributed by atoms with Gasteiger partial charge in [-0.25, -0.2) is 4.98 Å². The lowest BCUT2D eigenvalue weighted by atomic mass is 9.85. The van der Waals surface area contributed by atoms with Gasteiger partial charge in [0.15, 0.2) is 11.9 Å². The lowest BCUT2D eigenvalue weighted by Crippen LogP contribution is -2.21. The lowest BCUT2D eigenvalue weighted by molar-refractivity contribution is -0.141. The molecule has 7 nitrogen and oxygen atoms in total. The largest absolute Gasteiger partial charge is 0.434 e. The Balaban J connectivity index is 1.65. The van der Waals surface area contributed by atoms with Crippen LogP contribution in [-0.4, -0.2) is 30.0 Å². The number of hydrogen-bond acceptors (Lipinski definition) is 6. The minimum Gasteiger partial charge on any atom is -0.386 e. The predicted octanol–water partition coefficient (Wildman–Crippen LogP) is 5.32. The summed E-state index contributed by atoms with van der Waals surface area (Å²) in [7, 11) is 0. The first-order valence-electron chi connectivity index (χ1n) is 11.5. The summed E-state index contributed by atoms with van der Waals surface area (Å²) in [6.07, 6.45) is 3.03. The topological polar surface area (TPSA) is 96.1 Å². The highest BCUT2D eigenvalue weighted by Gasteiger charge is 2.34. The fraction of sp³-hybridized carbons (Fsp3) is 0.542. The Morgan fingerprint density at radius 3 is 2.47 bits per heavy atom. The van der Waals surface area contributed by atoms with Crippen molar-refractivity contribution in [2.45, 2.75) is 76.9 Å². The van der Waals surface area contributed by atoms with Gasteiger partial charge in [0.25, 0.3) is 0 Å². The van der Waals surface area contributed by atoms with E-state index in [0.29, 0.717) is 29.0 Å². The van der Waals surface area contributed by atoms with Gasteiger partial charge in [-0.15, -0.1) is 0 Å². The fourth-order valence-corrected chi connectivity index (χ4v) is 4.59. The van der Waals surface area contributed by atoms with E-state index in [0.717, 1.165) is 30.3 Å². The maximum Gasteiger partial charge on any atom is 0.434 e. The number of nitrogens with one attached hydrogen (secondary N) is 1. The Hall–Kier alpha value is -2.72. The molecule has 1 aromatic carbocycles. The van der Waals surface area contributed by atoms with Gasteiger partial charge >= 0.3 is 6.18 Å². The normalized spacial score (nSPS) is 20.5. The number of aliphatic hydroxyl groups is 2. The molecule has 0 saturated heterocycles. The molecule has 0 aliphatic heterocycles. The summed E-state index contributed by atoms with van der Waals surface area (Å²) in [5.74, 6) is 0.763. The van der Waals surface area contributed by atoms with Gasteiger partial charge in [0.1, 0.15) is 5.69 Å². The molecule has 10 heteroatoms. The van der Waals surface area contributed by atoms with E-state index in [-0.39, 0.29) is 5.69 Å². The van der Waals surface area contributed by atoms with Gasteiger partial charge in [-0.3, -0.25) is 9.67 Å². The number of fused-ring (bicyclic) bond motifs is 1. The number of alkyl halides is 3. The van der Waals surface area contributed by atoms with Crippen LogP contribution in [0.25, 0.3) is 10.9 Å². The van der Waals surface area contributed by atoms with Gasteiger partial charge in [0, 0.05) is 22.8 Å². The van der Waals surface area contributed by atoms with Crippen molar-refractivity contribution in [2.75, 3.05) is 5.32 Å². The molecule has 1 unspecified atom stereocenters. The number of benzene rings is 1. The second-order valence-corrected chi connectivity index (χ2v) is 9.58. The monoisotopic (exact) mass is 477 g/mol. The number of rotatable bonds is 6. The average molecular weight is 478 g/mol. The molecular weight excluding hydrogens is 447 g/mol. The number of aliphatic hydroxyl groups excluding tert-OH is 1. The molecule has 3 N–H and O–H groups in total. The molecule has 1 fully saturated rings. The Kier molecular flexibility index (Phi) is 6.56. The third-order valence-corrected chi connectivity index (χ3v) is 6.60. The van der Waals surface area contributed by atoms with Crippen LogP contribution in [0.3, 0.4) is 0 Å². The van der Waals surface area contributed by atoms with Gasteiger partial charge in [-0.05, 0) is 57.6 Å². The van der Waals surface area contributed by atoms with Crippen LogP contribution >= 0.6 is 0 Å². The van der Waals surface area contributed by atoms with Crippen LogP contribution < -0.4 is 5.32 Å². The standard InChI is InChI=1S/C24H30F3N5O2/c1-4-14-5-7-16(8-6-14)32-13-15-9-19(17(23(2,3)34)10-18(15)31-32)30-22(33)20-11-28-12-21(29-20)24(25,26)27/h9-14,16,22,30,33-34H,4-8H2,1-3H3. The van der Waals surface area contributed by atoms with Crippen molar-refractivity contribution in [3.8, 4) is 0 Å². The number of hydrogen-bond donors (Lipinski definition) is 3. The van der Waals surface area contributed by atoms with Crippen LogP contribution in [-0.2, 0) is 11.8 Å². The number of nitrogens with zero attached hydrogens (tertiary/aromatic N) is 4. The Bertz CT molecular complexity index is 1150. The second kappa shape index (κ2) is 9.14. The molecule has 34 heavy (non-hydrogen) atoms. The van der Waals surface area contributed by atoms with Gasteiger partial charge in [0.2, 0.25) is 0 Å². The first-order valence-corrected chi connectivity index (χ1v) is 11.5. The average Bonchev–Trinajstić information content (AvgIpc) is 3.20. The zero-order chi connectivity index (χ0) is 24.7. The zero-order valence-electron chi connectivity index (χ0n) is 19.5. The predicted molar refractivity (Wildman–Crippen MR) is 122 cm³/mol. The summed E-state index contributed by atoms with van der Waals surface area (Å²) < 4.78 is 41.0. The first-order chi connectivity index (χ1) is 16.0. The maximum atomic E-state index is 13.0. The third-order valence-electron chi connectivity index (χ3n) is 6.60. The summed E-state index contributed by atoms with van der Waals surface area (Å²) in [5.41, 5.74) is -1.23. The smallest absolute Gasteiger partial charge is 0.386 e. The van der Waals surface area contributed by atoms with Crippen LogP contribution in [0.5, 0.6) is 0 Å². The second-order valence-electron chi connectivity index (χ2n) is 9.58. The summed E-state index contributed by atoms with van der Waals surface area (Å²) >= 11 is 0. The van der Waals surface area contributed by atoms with Crippen LogP contribution in [0.4, 0.5) is 18.9 Å². The molecule has 1 saturated carbocycles. The van der Waals surface area contributed by atoms with Crippen molar-refractivity contribution in [2.24, 2.45) is 5.92 Å². The van der Waals surface area contributed by atoms with Crippen molar-refractivity contribution in [3.05, 3.63) is 47.7 Å². The van der Waals surface area contributed by atoms with E-state index in [1.54, 1.807) is 26.0 Å². The number of halogens is 3. The van der Waals surface area contributed by atoms with Crippen molar-refractivity contribution in [1.29, 1.82) is 0 Å². The van der Waals surface area contributed by atoms with E-state index in [4.69, 9.17) is 5.10 Å². The molecule has 1 aliphatic rings. The highest BCUT2D eigenvalue weighted by atomic mass is 19.4. The molecule has 0 radical (unpaired) electrons.